The molecule has 0 saturated heterocycles. The molecule has 0 radical (unpaired) electrons. The predicted molar refractivity (Wildman–Crippen MR) is 106 cm³/mol. The molecule has 24 heavy (non-hydrogen) atoms. The van der Waals surface area contributed by atoms with E-state index in [1.54, 1.807) is 18.4 Å². The van der Waals surface area contributed by atoms with Crippen LogP contribution in [-0.2, 0) is 24.9 Å². The van der Waals surface area contributed by atoms with Crippen LogP contribution in [0.25, 0.3) is 0 Å². The molecule has 0 aliphatic heterocycles. The smallest absolute Gasteiger partial charge is 0.192 e. The van der Waals surface area contributed by atoms with Crippen LogP contribution in [-0.4, -0.2) is 46.0 Å². The highest BCUT2D eigenvalue weighted by Gasteiger charge is 2.06. The first kappa shape index (κ1) is 20.8. The van der Waals surface area contributed by atoms with E-state index < -0.39 is 0 Å². The Morgan fingerprint density at radius 2 is 2.12 bits per heavy atom. The number of aromatic nitrogens is 4. The number of hydrogen-bond acceptors (Lipinski definition) is 6. The standard InChI is InChI=1S/C14H23N7OS.HI/c1-10-7-16-13(23-10)9-18-14(15-5-6-22-4)17-8-12-20-19-11(2)21(12)3;/h7H,5-6,8-9H2,1-4H3,(H2,15,17,18);1H. The van der Waals surface area contributed by atoms with Gasteiger partial charge in [-0.15, -0.1) is 45.5 Å². The Balaban J connectivity index is 0.00000288. The minimum atomic E-state index is 0. The van der Waals surface area contributed by atoms with Crippen molar-refractivity contribution in [3.05, 3.63) is 27.7 Å². The number of ether oxygens (including phenoxy) is 1. The fourth-order valence-corrected chi connectivity index (χ4v) is 2.55. The molecule has 2 rings (SSSR count). The van der Waals surface area contributed by atoms with Gasteiger partial charge in [0.1, 0.15) is 17.4 Å². The Kier molecular flexibility index (Phi) is 9.14. The molecule has 2 heterocycles. The molecule has 0 aromatic carbocycles. The monoisotopic (exact) mass is 465 g/mol. The molecule has 2 N–H and O–H groups in total. The van der Waals surface area contributed by atoms with Crippen molar-refractivity contribution in [1.82, 2.24) is 30.4 Å². The van der Waals surface area contributed by atoms with E-state index in [9.17, 15) is 0 Å². The number of rotatable bonds is 7. The lowest BCUT2D eigenvalue weighted by molar-refractivity contribution is 0.203. The Labute approximate surface area is 163 Å². The highest BCUT2D eigenvalue weighted by atomic mass is 127. The molecule has 0 atom stereocenters. The minimum absolute atomic E-state index is 0. The molecule has 2 aromatic heterocycles. The van der Waals surface area contributed by atoms with E-state index in [0.717, 1.165) is 16.7 Å². The van der Waals surface area contributed by atoms with Gasteiger partial charge in [0.2, 0.25) is 0 Å². The topological polar surface area (TPSA) is 89.2 Å². The number of methoxy groups -OCH3 is 1. The lowest BCUT2D eigenvalue weighted by atomic mass is 10.5. The zero-order valence-electron chi connectivity index (χ0n) is 14.4. The lowest BCUT2D eigenvalue weighted by Gasteiger charge is -2.11. The molecular weight excluding hydrogens is 441 g/mol. The highest BCUT2D eigenvalue weighted by Crippen LogP contribution is 2.10. The second kappa shape index (κ2) is 10.6. The van der Waals surface area contributed by atoms with E-state index in [2.05, 4.69) is 30.8 Å². The zero-order valence-corrected chi connectivity index (χ0v) is 17.5. The number of halogens is 1. The quantitative estimate of drug-likeness (QED) is 0.278. The minimum Gasteiger partial charge on any atom is -0.383 e. The highest BCUT2D eigenvalue weighted by molar-refractivity contribution is 14.0. The fourth-order valence-electron chi connectivity index (χ4n) is 1.83. The van der Waals surface area contributed by atoms with Crippen LogP contribution in [0.15, 0.2) is 11.2 Å². The average Bonchev–Trinajstić information content (AvgIpc) is 3.09. The summed E-state index contributed by atoms with van der Waals surface area (Å²) >= 11 is 1.67. The predicted octanol–water partition coefficient (Wildman–Crippen LogP) is 1.39. The molecule has 10 heteroatoms. The Bertz CT molecular complexity index is 655. The number of guanidine groups is 1. The Morgan fingerprint density at radius 1 is 1.33 bits per heavy atom. The first-order chi connectivity index (χ1) is 11.1. The number of thiazole rings is 1. The summed E-state index contributed by atoms with van der Waals surface area (Å²) in [5, 5.41) is 15.7. The molecule has 134 valence electrons. The van der Waals surface area contributed by atoms with Gasteiger partial charge in [0, 0.05) is 31.8 Å². The van der Waals surface area contributed by atoms with E-state index in [1.165, 1.54) is 4.88 Å². The summed E-state index contributed by atoms with van der Waals surface area (Å²) in [5.74, 6) is 2.39. The van der Waals surface area contributed by atoms with Gasteiger partial charge in [-0.3, -0.25) is 0 Å². The molecule has 0 bridgehead atoms. The van der Waals surface area contributed by atoms with Crippen LogP contribution >= 0.6 is 35.3 Å². The van der Waals surface area contributed by atoms with Crippen LogP contribution in [0.2, 0.25) is 0 Å². The van der Waals surface area contributed by atoms with Crippen molar-refractivity contribution in [3.8, 4) is 0 Å². The molecule has 0 aliphatic carbocycles. The maximum atomic E-state index is 5.06. The van der Waals surface area contributed by atoms with Crippen molar-refractivity contribution in [2.45, 2.75) is 26.9 Å². The summed E-state index contributed by atoms with van der Waals surface area (Å²) in [6.45, 7) is 6.34. The van der Waals surface area contributed by atoms with E-state index in [1.807, 2.05) is 31.7 Å². The second-order valence-corrected chi connectivity index (χ2v) is 6.34. The van der Waals surface area contributed by atoms with Crippen LogP contribution in [0.4, 0.5) is 0 Å². The zero-order chi connectivity index (χ0) is 16.7. The number of nitrogens with zero attached hydrogens (tertiary/aromatic N) is 5. The van der Waals surface area contributed by atoms with Crippen molar-refractivity contribution in [2.75, 3.05) is 20.3 Å². The van der Waals surface area contributed by atoms with Gasteiger partial charge in [0.05, 0.1) is 13.2 Å². The summed E-state index contributed by atoms with van der Waals surface area (Å²) in [7, 11) is 3.61. The van der Waals surface area contributed by atoms with Gasteiger partial charge in [0.25, 0.3) is 0 Å². The van der Waals surface area contributed by atoms with Crippen LogP contribution in [0.5, 0.6) is 0 Å². The second-order valence-electron chi connectivity index (χ2n) is 5.03. The van der Waals surface area contributed by atoms with Crippen LogP contribution in [0.1, 0.15) is 21.5 Å². The molecule has 0 amide bonds. The number of aliphatic imine (C=N–C) groups is 1. The van der Waals surface area contributed by atoms with Gasteiger partial charge in [-0.2, -0.15) is 0 Å². The summed E-state index contributed by atoms with van der Waals surface area (Å²) in [4.78, 5) is 10.1. The van der Waals surface area contributed by atoms with E-state index in [-0.39, 0.29) is 24.0 Å². The summed E-state index contributed by atoms with van der Waals surface area (Å²) in [6.07, 6.45) is 1.87. The van der Waals surface area contributed by atoms with Crippen molar-refractivity contribution >= 4 is 41.3 Å². The van der Waals surface area contributed by atoms with Gasteiger partial charge >= 0.3 is 0 Å². The lowest BCUT2D eigenvalue weighted by Crippen LogP contribution is -2.38. The molecule has 2 aromatic rings. The first-order valence-electron chi connectivity index (χ1n) is 7.37. The van der Waals surface area contributed by atoms with Crippen LogP contribution in [0.3, 0.4) is 0 Å². The third kappa shape index (κ3) is 6.32. The molecule has 0 unspecified atom stereocenters. The fraction of sp³-hybridized carbons (Fsp3) is 0.571. The average molecular weight is 465 g/mol. The molecule has 0 spiro atoms. The third-order valence-electron chi connectivity index (χ3n) is 3.24. The van der Waals surface area contributed by atoms with Crippen molar-refractivity contribution < 1.29 is 4.74 Å². The Morgan fingerprint density at radius 3 is 2.71 bits per heavy atom. The number of hydrogen-bond donors (Lipinski definition) is 2. The SMILES string of the molecule is COCCNC(=NCc1nnc(C)n1C)NCc1ncc(C)s1.I. The van der Waals surface area contributed by atoms with Gasteiger partial charge in [-0.1, -0.05) is 0 Å². The summed E-state index contributed by atoms with van der Waals surface area (Å²) in [5.41, 5.74) is 0. The first-order valence-corrected chi connectivity index (χ1v) is 8.19. The third-order valence-corrected chi connectivity index (χ3v) is 4.15. The van der Waals surface area contributed by atoms with Gasteiger partial charge in [0.15, 0.2) is 11.8 Å². The van der Waals surface area contributed by atoms with Crippen LogP contribution < -0.4 is 10.6 Å². The van der Waals surface area contributed by atoms with Crippen molar-refractivity contribution in [2.24, 2.45) is 12.0 Å². The van der Waals surface area contributed by atoms with Crippen molar-refractivity contribution in [3.63, 3.8) is 0 Å². The molecule has 8 nitrogen and oxygen atoms in total. The Hall–Kier alpha value is -1.27. The molecule has 0 fully saturated rings. The summed E-state index contributed by atoms with van der Waals surface area (Å²) < 4.78 is 6.99. The van der Waals surface area contributed by atoms with Gasteiger partial charge < -0.3 is 19.9 Å². The number of aryl methyl sites for hydroxylation is 2. The van der Waals surface area contributed by atoms with Gasteiger partial charge in [-0.05, 0) is 13.8 Å². The van der Waals surface area contributed by atoms with Crippen molar-refractivity contribution in [1.29, 1.82) is 0 Å². The molecular formula is C14H24IN7OS. The van der Waals surface area contributed by atoms with Crippen LogP contribution in [0, 0.1) is 13.8 Å². The van der Waals surface area contributed by atoms with E-state index in [4.69, 9.17) is 4.74 Å². The van der Waals surface area contributed by atoms with Gasteiger partial charge in [-0.25, -0.2) is 9.98 Å². The normalized spacial score (nSPS) is 11.2. The molecule has 0 aliphatic rings. The maximum Gasteiger partial charge on any atom is 0.192 e. The van der Waals surface area contributed by atoms with E-state index >= 15 is 0 Å². The largest absolute Gasteiger partial charge is 0.383 e. The van der Waals surface area contributed by atoms with E-state index in [0.29, 0.717) is 32.2 Å². The summed E-state index contributed by atoms with van der Waals surface area (Å²) in [6, 6.07) is 0. The number of nitrogens with one attached hydrogen (secondary N) is 2. The maximum absolute atomic E-state index is 5.06. The molecule has 0 saturated carbocycles.